The molecule has 0 amide bonds. The first-order chi connectivity index (χ1) is 11.8. The lowest BCUT2D eigenvalue weighted by atomic mass is 9.99. The van der Waals surface area contributed by atoms with Crippen molar-refractivity contribution < 1.29 is 4.74 Å². The fourth-order valence-electron chi connectivity index (χ4n) is 4.10. The average molecular weight is 363 g/mol. The Balaban J connectivity index is 0.00000182. The maximum absolute atomic E-state index is 12.4. The number of piperidine rings is 1. The maximum Gasteiger partial charge on any atom is 0.326 e. The molecule has 0 aliphatic carbocycles. The number of hydrogen-bond acceptors (Lipinski definition) is 3. The first-order valence-corrected chi connectivity index (χ1v) is 8.70. The van der Waals surface area contributed by atoms with Crippen molar-refractivity contribution in [2.24, 2.45) is 0 Å². The molecule has 2 fully saturated rings. The van der Waals surface area contributed by atoms with E-state index in [2.05, 4.69) is 14.7 Å². The van der Waals surface area contributed by atoms with Gasteiger partial charge in [-0.3, -0.25) is 4.57 Å². The predicted molar refractivity (Wildman–Crippen MR) is 99.8 cm³/mol. The van der Waals surface area contributed by atoms with Gasteiger partial charge in [-0.15, -0.1) is 12.4 Å². The van der Waals surface area contributed by atoms with Gasteiger partial charge in [-0.2, -0.15) is 0 Å². The number of H-pyrrole nitrogens is 1. The van der Waals surface area contributed by atoms with E-state index in [9.17, 15) is 4.79 Å². The summed E-state index contributed by atoms with van der Waals surface area (Å²) in [5.74, 6) is 0. The highest BCUT2D eigenvalue weighted by molar-refractivity contribution is 5.85. The monoisotopic (exact) mass is 362 g/mol. The molecule has 0 radical (unpaired) electrons. The number of aromatic amines is 1. The Bertz CT molecular complexity index is 824. The molecule has 4 rings (SSSR count). The Morgan fingerprint density at radius 2 is 1.84 bits per heavy atom. The second kappa shape index (κ2) is 7.61. The van der Waals surface area contributed by atoms with Crippen LogP contribution in [0.25, 0.3) is 15.9 Å². The molecule has 0 saturated carbocycles. The molecular weight excluding hydrogens is 340 g/mol. The van der Waals surface area contributed by atoms with Crippen molar-refractivity contribution in [2.75, 3.05) is 26.3 Å². The van der Waals surface area contributed by atoms with Gasteiger partial charge in [0.2, 0.25) is 0 Å². The Morgan fingerprint density at radius 3 is 2.52 bits per heavy atom. The van der Waals surface area contributed by atoms with E-state index in [0.717, 1.165) is 63.0 Å². The van der Waals surface area contributed by atoms with Gasteiger partial charge in [0, 0.05) is 38.4 Å². The van der Waals surface area contributed by atoms with Gasteiger partial charge in [0.05, 0.1) is 17.6 Å². The van der Waals surface area contributed by atoms with Crippen LogP contribution < -0.4 is 5.69 Å². The minimum absolute atomic E-state index is 0. The lowest BCUT2D eigenvalue weighted by Crippen LogP contribution is -2.45. The fourth-order valence-corrected chi connectivity index (χ4v) is 4.10. The van der Waals surface area contributed by atoms with E-state index >= 15 is 0 Å². The van der Waals surface area contributed by atoms with Crippen LogP contribution >= 0.6 is 12.4 Å². The molecule has 0 unspecified atom stereocenters. The van der Waals surface area contributed by atoms with Crippen LogP contribution in [0.4, 0.5) is 5.69 Å². The molecule has 2 aliphatic rings. The zero-order valence-corrected chi connectivity index (χ0v) is 14.9. The molecule has 25 heavy (non-hydrogen) atoms. The molecule has 0 spiro atoms. The van der Waals surface area contributed by atoms with Crippen LogP contribution in [0.1, 0.15) is 31.7 Å². The topological polar surface area (TPSA) is 54.6 Å². The number of fused-ring (bicyclic) bond motifs is 1. The summed E-state index contributed by atoms with van der Waals surface area (Å²) in [5, 5.41) is 0. The molecule has 3 heterocycles. The van der Waals surface area contributed by atoms with E-state index in [1.807, 2.05) is 16.7 Å². The molecule has 1 aromatic carbocycles. The number of rotatable bonds is 2. The van der Waals surface area contributed by atoms with Crippen molar-refractivity contribution >= 4 is 29.1 Å². The molecule has 1 N–H and O–H groups in total. The summed E-state index contributed by atoms with van der Waals surface area (Å²) in [5.41, 5.74) is 2.20. The average Bonchev–Trinajstić information content (AvgIpc) is 2.97. The number of likely N-dealkylation sites (tertiary alicyclic amines) is 1. The summed E-state index contributed by atoms with van der Waals surface area (Å²) in [4.78, 5) is 21.4. The summed E-state index contributed by atoms with van der Waals surface area (Å²) in [6.07, 6.45) is 4.19. The van der Waals surface area contributed by atoms with Crippen molar-refractivity contribution in [3.05, 3.63) is 40.1 Å². The smallest absolute Gasteiger partial charge is 0.326 e. The molecule has 6 nitrogen and oxygen atoms in total. The third kappa shape index (κ3) is 3.45. The minimum Gasteiger partial charge on any atom is -0.381 e. The van der Waals surface area contributed by atoms with E-state index in [4.69, 9.17) is 11.3 Å². The Morgan fingerprint density at radius 1 is 1.12 bits per heavy atom. The number of aromatic nitrogens is 2. The van der Waals surface area contributed by atoms with E-state index in [1.165, 1.54) is 0 Å². The van der Waals surface area contributed by atoms with Crippen molar-refractivity contribution in [3.8, 4) is 0 Å². The van der Waals surface area contributed by atoms with Crippen LogP contribution in [0, 0.1) is 6.57 Å². The third-order valence-corrected chi connectivity index (χ3v) is 5.40. The summed E-state index contributed by atoms with van der Waals surface area (Å²) in [6.45, 7) is 11.0. The highest BCUT2D eigenvalue weighted by Crippen LogP contribution is 2.29. The SMILES string of the molecule is Cl.[C-]#[N+]c1ccc2[nH]c(=O)n(C3CCN(C4CCOCC4)CC3)c2c1. The molecule has 1 aromatic heterocycles. The second-order valence-electron chi connectivity index (χ2n) is 6.72. The van der Waals surface area contributed by atoms with Gasteiger partial charge in [-0.1, -0.05) is 6.07 Å². The minimum atomic E-state index is -0.0587. The second-order valence-corrected chi connectivity index (χ2v) is 6.72. The summed E-state index contributed by atoms with van der Waals surface area (Å²) >= 11 is 0. The quantitative estimate of drug-likeness (QED) is 0.835. The first kappa shape index (κ1) is 18.0. The van der Waals surface area contributed by atoms with Crippen LogP contribution in [0.15, 0.2) is 23.0 Å². The molecule has 2 aromatic rings. The van der Waals surface area contributed by atoms with Crippen molar-refractivity contribution in [1.82, 2.24) is 14.5 Å². The van der Waals surface area contributed by atoms with Gasteiger partial charge in [0.15, 0.2) is 5.69 Å². The normalized spacial score (nSPS) is 20.3. The molecule has 0 bridgehead atoms. The number of ether oxygens (including phenoxy) is 1. The molecule has 134 valence electrons. The van der Waals surface area contributed by atoms with Gasteiger partial charge in [-0.05, 0) is 37.8 Å². The maximum atomic E-state index is 12.4. The van der Waals surface area contributed by atoms with Crippen LogP contribution in [0.5, 0.6) is 0 Å². The molecule has 2 saturated heterocycles. The largest absolute Gasteiger partial charge is 0.381 e. The summed E-state index contributed by atoms with van der Waals surface area (Å²) < 4.78 is 7.32. The van der Waals surface area contributed by atoms with Crippen LogP contribution in [0.2, 0.25) is 0 Å². The lowest BCUT2D eigenvalue weighted by molar-refractivity contribution is 0.0220. The number of nitrogens with zero attached hydrogens (tertiary/aromatic N) is 3. The number of halogens is 1. The van der Waals surface area contributed by atoms with E-state index in [1.54, 1.807) is 6.07 Å². The van der Waals surface area contributed by atoms with Crippen molar-refractivity contribution in [2.45, 2.75) is 37.8 Å². The number of benzene rings is 1. The zero-order valence-electron chi connectivity index (χ0n) is 14.1. The Kier molecular flexibility index (Phi) is 5.48. The van der Waals surface area contributed by atoms with Crippen LogP contribution in [-0.4, -0.2) is 46.8 Å². The highest BCUT2D eigenvalue weighted by atomic mass is 35.5. The summed E-state index contributed by atoms with van der Waals surface area (Å²) in [6, 6.07) is 6.25. The first-order valence-electron chi connectivity index (χ1n) is 8.70. The predicted octanol–water partition coefficient (Wildman–Crippen LogP) is 3.12. The lowest BCUT2D eigenvalue weighted by Gasteiger charge is -2.39. The highest BCUT2D eigenvalue weighted by Gasteiger charge is 2.28. The number of imidazole rings is 1. The van der Waals surface area contributed by atoms with E-state index in [-0.39, 0.29) is 24.1 Å². The number of nitrogens with one attached hydrogen (secondary N) is 1. The Hall–Kier alpha value is -1.81. The molecule has 0 atom stereocenters. The van der Waals surface area contributed by atoms with Crippen molar-refractivity contribution in [1.29, 1.82) is 0 Å². The number of hydrogen-bond donors (Lipinski definition) is 1. The molecule has 7 heteroatoms. The van der Waals surface area contributed by atoms with E-state index < -0.39 is 0 Å². The third-order valence-electron chi connectivity index (χ3n) is 5.40. The summed E-state index contributed by atoms with van der Waals surface area (Å²) in [7, 11) is 0. The standard InChI is InChI=1S/C18H22N4O2.ClH/c1-19-13-2-3-16-17(12-13)22(18(23)20-16)15-4-8-21(9-5-15)14-6-10-24-11-7-14;/h2-3,12,14-15H,4-11H2,(H,20,23);1H. The Labute approximate surface area is 153 Å². The van der Waals surface area contributed by atoms with Gasteiger partial charge < -0.3 is 14.6 Å². The molecule has 2 aliphatic heterocycles. The van der Waals surface area contributed by atoms with Gasteiger partial charge in [-0.25, -0.2) is 9.64 Å². The zero-order chi connectivity index (χ0) is 16.5. The van der Waals surface area contributed by atoms with Crippen LogP contribution in [0.3, 0.4) is 0 Å². The van der Waals surface area contributed by atoms with Gasteiger partial charge >= 0.3 is 5.69 Å². The van der Waals surface area contributed by atoms with E-state index in [0.29, 0.717) is 11.7 Å². The van der Waals surface area contributed by atoms with Crippen molar-refractivity contribution in [3.63, 3.8) is 0 Å². The van der Waals surface area contributed by atoms with Gasteiger partial charge in [0.25, 0.3) is 0 Å². The van der Waals surface area contributed by atoms with Gasteiger partial charge in [0.1, 0.15) is 0 Å². The fraction of sp³-hybridized carbons (Fsp3) is 0.556. The van der Waals surface area contributed by atoms with Crippen LogP contribution in [-0.2, 0) is 4.74 Å². The molecular formula is C18H23ClN4O2.